The molecule has 1 aromatic rings. The lowest BCUT2D eigenvalue weighted by Gasteiger charge is -2.43. The van der Waals surface area contributed by atoms with E-state index in [2.05, 4.69) is 31.9 Å². The zero-order valence-corrected chi connectivity index (χ0v) is 13.0. The highest BCUT2D eigenvalue weighted by molar-refractivity contribution is 7.86. The minimum Gasteiger partial charge on any atom is -0.497 e. The van der Waals surface area contributed by atoms with Crippen molar-refractivity contribution in [1.82, 2.24) is 4.90 Å². The lowest BCUT2D eigenvalue weighted by molar-refractivity contribution is 0.270. The summed E-state index contributed by atoms with van der Waals surface area (Å²) in [7, 11) is 2.92. The molecule has 0 N–H and O–H groups in total. The third kappa shape index (κ3) is 2.56. The van der Waals surface area contributed by atoms with E-state index in [1.807, 2.05) is 18.2 Å². The predicted octanol–water partition coefficient (Wildman–Crippen LogP) is 2.38. The van der Waals surface area contributed by atoms with Crippen LogP contribution >= 0.6 is 0 Å². The third-order valence-corrected chi connectivity index (χ3v) is 6.32. The molecular formula is C15H23NO2S. The van der Waals surface area contributed by atoms with Gasteiger partial charge in [-0.1, -0.05) is 19.1 Å². The standard InChI is InChI=1S/C15H23NO2S/c1-5-15(11-16(3)10-12(2)19(15)17)13-7-6-8-14(9-13)18-4/h6-9,12H,5,10-11H2,1-4H3/t12-,15+,19+/m1/s1. The van der Waals surface area contributed by atoms with Crippen LogP contribution in [0.15, 0.2) is 24.3 Å². The van der Waals surface area contributed by atoms with Crippen molar-refractivity contribution in [3.8, 4) is 5.75 Å². The second-order valence-corrected chi connectivity index (χ2v) is 7.57. The van der Waals surface area contributed by atoms with Crippen LogP contribution in [-0.4, -0.2) is 41.6 Å². The van der Waals surface area contributed by atoms with E-state index in [-0.39, 0.29) is 10.00 Å². The van der Waals surface area contributed by atoms with Gasteiger partial charge in [0.1, 0.15) is 5.75 Å². The smallest absolute Gasteiger partial charge is 0.119 e. The van der Waals surface area contributed by atoms with Crippen LogP contribution < -0.4 is 4.74 Å². The molecule has 0 saturated carbocycles. The van der Waals surface area contributed by atoms with Gasteiger partial charge >= 0.3 is 0 Å². The van der Waals surface area contributed by atoms with E-state index in [4.69, 9.17) is 4.74 Å². The van der Waals surface area contributed by atoms with Gasteiger partial charge in [0, 0.05) is 29.1 Å². The SMILES string of the molecule is CC[C@@]1(c2cccc(OC)c2)CN(C)C[C@@H](C)[S@@]1=O. The van der Waals surface area contributed by atoms with Gasteiger partial charge in [-0.05, 0) is 38.1 Å². The highest BCUT2D eigenvalue weighted by Gasteiger charge is 2.44. The van der Waals surface area contributed by atoms with Crippen molar-refractivity contribution in [2.75, 3.05) is 27.2 Å². The van der Waals surface area contributed by atoms with E-state index < -0.39 is 10.8 Å². The molecule has 0 amide bonds. The van der Waals surface area contributed by atoms with Crippen LogP contribution in [0.2, 0.25) is 0 Å². The first-order chi connectivity index (χ1) is 9.03. The summed E-state index contributed by atoms with van der Waals surface area (Å²) in [5.41, 5.74) is 1.13. The van der Waals surface area contributed by atoms with Crippen LogP contribution in [0.5, 0.6) is 5.75 Å². The van der Waals surface area contributed by atoms with Crippen molar-refractivity contribution < 1.29 is 8.95 Å². The summed E-state index contributed by atoms with van der Waals surface area (Å²) < 4.78 is 17.9. The van der Waals surface area contributed by atoms with Crippen molar-refractivity contribution in [1.29, 1.82) is 0 Å². The third-order valence-electron chi connectivity index (χ3n) is 4.01. The van der Waals surface area contributed by atoms with Crippen molar-refractivity contribution in [3.63, 3.8) is 0 Å². The normalized spacial score (nSPS) is 32.2. The molecule has 1 heterocycles. The predicted molar refractivity (Wildman–Crippen MR) is 80.1 cm³/mol. The fourth-order valence-electron chi connectivity index (χ4n) is 3.03. The van der Waals surface area contributed by atoms with E-state index in [9.17, 15) is 4.21 Å². The molecule has 1 aromatic carbocycles. The van der Waals surface area contributed by atoms with Gasteiger partial charge in [0.25, 0.3) is 0 Å². The summed E-state index contributed by atoms with van der Waals surface area (Å²) in [5, 5.41) is 0.199. The molecule has 1 fully saturated rings. The average Bonchev–Trinajstić information content (AvgIpc) is 2.43. The van der Waals surface area contributed by atoms with Gasteiger partial charge in [-0.2, -0.15) is 0 Å². The molecule has 3 atom stereocenters. The van der Waals surface area contributed by atoms with Gasteiger partial charge < -0.3 is 9.64 Å². The molecule has 1 aliphatic rings. The van der Waals surface area contributed by atoms with Crippen LogP contribution in [0.25, 0.3) is 0 Å². The minimum atomic E-state index is -0.861. The molecule has 0 bridgehead atoms. The van der Waals surface area contributed by atoms with Crippen LogP contribution in [0, 0.1) is 0 Å². The van der Waals surface area contributed by atoms with E-state index in [1.165, 1.54) is 0 Å². The summed E-state index contributed by atoms with van der Waals surface area (Å²) in [5.74, 6) is 0.836. The molecule has 0 aliphatic carbocycles. The largest absolute Gasteiger partial charge is 0.497 e. The molecule has 2 rings (SSSR count). The summed E-state index contributed by atoms with van der Waals surface area (Å²) in [6, 6.07) is 8.04. The maximum absolute atomic E-state index is 12.9. The first-order valence-electron chi connectivity index (χ1n) is 6.77. The van der Waals surface area contributed by atoms with Gasteiger partial charge in [-0.15, -0.1) is 0 Å². The lowest BCUT2D eigenvalue weighted by Crippen LogP contribution is -2.53. The number of methoxy groups -OCH3 is 1. The topological polar surface area (TPSA) is 29.5 Å². The summed E-state index contributed by atoms with van der Waals surface area (Å²) >= 11 is 0. The number of hydrogen-bond donors (Lipinski definition) is 0. The maximum Gasteiger partial charge on any atom is 0.119 e. The number of likely N-dealkylation sites (N-methyl/N-ethyl adjacent to an activating group) is 1. The molecule has 0 radical (unpaired) electrons. The number of nitrogens with zero attached hydrogens (tertiary/aromatic N) is 1. The second kappa shape index (κ2) is 5.63. The van der Waals surface area contributed by atoms with Gasteiger partial charge in [-0.25, -0.2) is 0 Å². The molecule has 0 aromatic heterocycles. The van der Waals surface area contributed by atoms with Gasteiger partial charge in [0.15, 0.2) is 0 Å². The Bertz CT molecular complexity index is 477. The molecule has 3 nitrogen and oxygen atoms in total. The summed E-state index contributed by atoms with van der Waals surface area (Å²) in [6.45, 7) is 5.95. The summed E-state index contributed by atoms with van der Waals surface area (Å²) in [6.07, 6.45) is 0.876. The molecule has 0 spiro atoms. The Morgan fingerprint density at radius 1 is 1.53 bits per heavy atom. The Morgan fingerprint density at radius 2 is 2.26 bits per heavy atom. The average molecular weight is 281 g/mol. The molecule has 19 heavy (non-hydrogen) atoms. The molecular weight excluding hydrogens is 258 g/mol. The lowest BCUT2D eigenvalue weighted by atomic mass is 9.94. The highest BCUT2D eigenvalue weighted by atomic mass is 32.2. The van der Waals surface area contributed by atoms with E-state index in [0.29, 0.717) is 0 Å². The minimum absolute atomic E-state index is 0.199. The Hall–Kier alpha value is -0.870. The quantitative estimate of drug-likeness (QED) is 0.852. The molecule has 0 unspecified atom stereocenters. The Labute approximate surface area is 118 Å². The zero-order chi connectivity index (χ0) is 14.0. The number of rotatable bonds is 3. The highest BCUT2D eigenvalue weighted by Crippen LogP contribution is 2.38. The maximum atomic E-state index is 12.9. The fourth-order valence-corrected chi connectivity index (χ4v) is 5.18. The van der Waals surface area contributed by atoms with Gasteiger partial charge in [-0.3, -0.25) is 4.21 Å². The van der Waals surface area contributed by atoms with Crippen LogP contribution in [0.4, 0.5) is 0 Å². The molecule has 106 valence electrons. The van der Waals surface area contributed by atoms with Crippen LogP contribution in [-0.2, 0) is 15.5 Å². The molecule has 1 aliphatic heterocycles. The number of hydrogen-bond acceptors (Lipinski definition) is 3. The van der Waals surface area contributed by atoms with E-state index >= 15 is 0 Å². The van der Waals surface area contributed by atoms with Crippen molar-refractivity contribution in [2.24, 2.45) is 0 Å². The van der Waals surface area contributed by atoms with Crippen molar-refractivity contribution in [3.05, 3.63) is 29.8 Å². The Morgan fingerprint density at radius 3 is 2.89 bits per heavy atom. The second-order valence-electron chi connectivity index (χ2n) is 5.38. The van der Waals surface area contributed by atoms with Crippen molar-refractivity contribution in [2.45, 2.75) is 30.3 Å². The van der Waals surface area contributed by atoms with E-state index in [0.717, 1.165) is 30.8 Å². The Balaban J connectivity index is 2.48. The molecule has 4 heteroatoms. The van der Waals surface area contributed by atoms with E-state index in [1.54, 1.807) is 7.11 Å². The fraction of sp³-hybridized carbons (Fsp3) is 0.600. The van der Waals surface area contributed by atoms with Crippen LogP contribution in [0.1, 0.15) is 25.8 Å². The monoisotopic (exact) mass is 281 g/mol. The first-order valence-corrected chi connectivity index (χ1v) is 7.98. The first kappa shape index (κ1) is 14.5. The number of ether oxygens (including phenoxy) is 1. The Kier molecular flexibility index (Phi) is 4.31. The van der Waals surface area contributed by atoms with Gasteiger partial charge in [0.05, 0.1) is 11.9 Å². The summed E-state index contributed by atoms with van der Waals surface area (Å²) in [4.78, 5) is 2.29. The number of benzene rings is 1. The van der Waals surface area contributed by atoms with Crippen molar-refractivity contribution >= 4 is 10.8 Å². The van der Waals surface area contributed by atoms with Gasteiger partial charge in [0.2, 0.25) is 0 Å². The van der Waals surface area contributed by atoms with Crippen LogP contribution in [0.3, 0.4) is 0 Å². The molecule has 1 saturated heterocycles. The zero-order valence-electron chi connectivity index (χ0n) is 12.2.